The molecule has 0 saturated heterocycles. The number of rotatable bonds is 8. The molecule has 3 nitrogen and oxygen atoms in total. The SMILES string of the molecule is CCN(C=O)C1(O)CC[C@@]2(C)C(=CC[C@H]3[C@@H]4CC[C@H]([C@H](C)CCCC(C)C)[C@@]4(C)CC[C@@H]32)C1. The Hall–Kier alpha value is -0.830. The molecule has 4 aliphatic carbocycles. The second-order valence-corrected chi connectivity index (χ2v) is 13.3. The third-order valence-corrected chi connectivity index (χ3v) is 11.3. The first-order valence-electron chi connectivity index (χ1n) is 14.2. The van der Waals surface area contributed by atoms with E-state index < -0.39 is 5.72 Å². The summed E-state index contributed by atoms with van der Waals surface area (Å²) in [4.78, 5) is 13.2. The molecule has 0 radical (unpaired) electrons. The first kappa shape index (κ1) is 25.3. The third kappa shape index (κ3) is 4.23. The summed E-state index contributed by atoms with van der Waals surface area (Å²) in [5, 5.41) is 11.3. The third-order valence-electron chi connectivity index (χ3n) is 11.3. The average molecular weight is 458 g/mol. The minimum atomic E-state index is -0.984. The Kier molecular flexibility index (Phi) is 7.14. The highest BCUT2D eigenvalue weighted by molar-refractivity contribution is 5.49. The van der Waals surface area contributed by atoms with Crippen molar-refractivity contribution in [3.63, 3.8) is 0 Å². The number of carbonyl (C=O) groups excluding carboxylic acids is 1. The predicted octanol–water partition coefficient (Wildman–Crippen LogP) is 7.19. The Morgan fingerprint density at radius 1 is 1.09 bits per heavy atom. The Morgan fingerprint density at radius 3 is 2.52 bits per heavy atom. The molecule has 0 aromatic carbocycles. The standard InChI is InChI=1S/C30H51NO2/c1-7-31(20-32)30(33)18-17-28(5)23(19-30)11-12-24-26-14-13-25(22(4)10-8-9-21(2)3)29(26,6)16-15-27(24)28/h11,20-22,24-27,33H,7-10,12-19H2,1-6H3/t22-,24+,25-,26+,27+,28+,29-,30?/m1/s1. The number of allylic oxidation sites excluding steroid dienone is 1. The highest BCUT2D eigenvalue weighted by atomic mass is 16.3. The highest BCUT2D eigenvalue weighted by Gasteiger charge is 2.60. The molecule has 3 saturated carbocycles. The molecule has 3 heteroatoms. The molecule has 0 spiro atoms. The summed E-state index contributed by atoms with van der Waals surface area (Å²) in [5.74, 6) is 5.01. The first-order chi connectivity index (χ1) is 15.6. The zero-order valence-corrected chi connectivity index (χ0v) is 22.4. The number of amides is 1. The van der Waals surface area contributed by atoms with E-state index in [1.54, 1.807) is 4.90 Å². The van der Waals surface area contributed by atoms with E-state index in [1.807, 2.05) is 6.92 Å². The van der Waals surface area contributed by atoms with Crippen molar-refractivity contribution in [2.45, 2.75) is 118 Å². The summed E-state index contributed by atoms with van der Waals surface area (Å²) in [6, 6.07) is 0. The van der Waals surface area contributed by atoms with Gasteiger partial charge in [-0.1, -0.05) is 65.5 Å². The van der Waals surface area contributed by atoms with Gasteiger partial charge >= 0.3 is 0 Å². The van der Waals surface area contributed by atoms with E-state index >= 15 is 0 Å². The van der Waals surface area contributed by atoms with Crippen molar-refractivity contribution in [3.05, 3.63) is 11.6 Å². The van der Waals surface area contributed by atoms with Gasteiger partial charge in [-0.05, 0) is 98.2 Å². The number of aliphatic hydroxyl groups is 1. The van der Waals surface area contributed by atoms with E-state index in [9.17, 15) is 9.90 Å². The number of fused-ring (bicyclic) bond motifs is 5. The van der Waals surface area contributed by atoms with Gasteiger partial charge < -0.3 is 10.0 Å². The topological polar surface area (TPSA) is 40.5 Å². The molecule has 0 aromatic rings. The lowest BCUT2D eigenvalue weighted by molar-refractivity contribution is -0.159. The van der Waals surface area contributed by atoms with Crippen LogP contribution < -0.4 is 0 Å². The lowest BCUT2D eigenvalue weighted by Gasteiger charge is -2.60. The largest absolute Gasteiger partial charge is 0.370 e. The fraction of sp³-hybridized carbons (Fsp3) is 0.900. The maximum Gasteiger partial charge on any atom is 0.211 e. The predicted molar refractivity (Wildman–Crippen MR) is 136 cm³/mol. The number of nitrogens with zero attached hydrogens (tertiary/aromatic N) is 1. The Labute approximate surface area is 203 Å². The number of hydrogen-bond acceptors (Lipinski definition) is 2. The van der Waals surface area contributed by atoms with Gasteiger partial charge in [-0.15, -0.1) is 0 Å². The van der Waals surface area contributed by atoms with Crippen molar-refractivity contribution in [2.24, 2.45) is 46.3 Å². The number of carbonyl (C=O) groups is 1. The maximum atomic E-state index is 11.6. The molecule has 4 aliphatic rings. The molecular weight excluding hydrogens is 406 g/mol. The Bertz CT molecular complexity index is 746. The molecule has 0 heterocycles. The normalized spacial score (nSPS) is 43.3. The van der Waals surface area contributed by atoms with Crippen LogP contribution >= 0.6 is 0 Å². The van der Waals surface area contributed by atoms with Crippen LogP contribution in [0.25, 0.3) is 0 Å². The van der Waals surface area contributed by atoms with Crippen LogP contribution in [0.15, 0.2) is 11.6 Å². The molecule has 0 bridgehead atoms. The monoisotopic (exact) mass is 457 g/mol. The van der Waals surface area contributed by atoms with E-state index in [4.69, 9.17) is 0 Å². The quantitative estimate of drug-likeness (QED) is 0.238. The summed E-state index contributed by atoms with van der Waals surface area (Å²) < 4.78 is 0. The van der Waals surface area contributed by atoms with Gasteiger partial charge in [0, 0.05) is 13.0 Å². The molecular formula is C30H51NO2. The molecule has 0 aromatic heterocycles. The van der Waals surface area contributed by atoms with Gasteiger partial charge in [0.25, 0.3) is 0 Å². The zero-order valence-electron chi connectivity index (χ0n) is 22.4. The van der Waals surface area contributed by atoms with Crippen LogP contribution in [-0.4, -0.2) is 28.7 Å². The molecule has 33 heavy (non-hydrogen) atoms. The van der Waals surface area contributed by atoms with Gasteiger partial charge in [-0.2, -0.15) is 0 Å². The van der Waals surface area contributed by atoms with Gasteiger partial charge in [-0.3, -0.25) is 4.79 Å². The van der Waals surface area contributed by atoms with Crippen LogP contribution in [0.1, 0.15) is 112 Å². The number of hydrogen-bond donors (Lipinski definition) is 1. The minimum Gasteiger partial charge on any atom is -0.370 e. The van der Waals surface area contributed by atoms with Crippen molar-refractivity contribution >= 4 is 6.41 Å². The molecule has 1 amide bonds. The lowest BCUT2D eigenvalue weighted by Crippen LogP contribution is -2.56. The second-order valence-electron chi connectivity index (χ2n) is 13.3. The van der Waals surface area contributed by atoms with E-state index in [1.165, 1.54) is 56.9 Å². The van der Waals surface area contributed by atoms with Crippen LogP contribution in [0.4, 0.5) is 0 Å². The molecule has 188 valence electrons. The van der Waals surface area contributed by atoms with E-state index in [-0.39, 0.29) is 5.41 Å². The molecule has 4 rings (SSSR count). The molecule has 0 aliphatic heterocycles. The van der Waals surface area contributed by atoms with Gasteiger partial charge in [0.05, 0.1) is 0 Å². The van der Waals surface area contributed by atoms with Gasteiger partial charge in [-0.25, -0.2) is 0 Å². The van der Waals surface area contributed by atoms with Crippen molar-refractivity contribution in [1.29, 1.82) is 0 Å². The van der Waals surface area contributed by atoms with Crippen molar-refractivity contribution in [2.75, 3.05) is 6.54 Å². The fourth-order valence-corrected chi connectivity index (χ4v) is 9.37. The summed E-state index contributed by atoms with van der Waals surface area (Å²) in [7, 11) is 0. The smallest absolute Gasteiger partial charge is 0.211 e. The maximum absolute atomic E-state index is 11.6. The van der Waals surface area contributed by atoms with Crippen molar-refractivity contribution in [1.82, 2.24) is 4.90 Å². The van der Waals surface area contributed by atoms with Crippen LogP contribution in [0.2, 0.25) is 0 Å². The zero-order chi connectivity index (χ0) is 24.0. The average Bonchev–Trinajstić information content (AvgIpc) is 3.12. The van der Waals surface area contributed by atoms with Crippen molar-refractivity contribution < 1.29 is 9.90 Å². The second kappa shape index (κ2) is 9.32. The van der Waals surface area contributed by atoms with Crippen LogP contribution in [-0.2, 0) is 4.79 Å². The Morgan fingerprint density at radius 2 is 1.85 bits per heavy atom. The highest BCUT2D eigenvalue weighted by Crippen LogP contribution is 2.67. The van der Waals surface area contributed by atoms with Gasteiger partial charge in [0.1, 0.15) is 5.72 Å². The van der Waals surface area contributed by atoms with E-state index in [0.717, 1.165) is 48.3 Å². The van der Waals surface area contributed by atoms with Gasteiger partial charge in [0.15, 0.2) is 0 Å². The van der Waals surface area contributed by atoms with Crippen LogP contribution in [0.3, 0.4) is 0 Å². The van der Waals surface area contributed by atoms with E-state index in [2.05, 4.69) is 40.7 Å². The summed E-state index contributed by atoms with van der Waals surface area (Å²) >= 11 is 0. The first-order valence-corrected chi connectivity index (χ1v) is 14.2. The lowest BCUT2D eigenvalue weighted by atomic mass is 9.46. The fourth-order valence-electron chi connectivity index (χ4n) is 9.37. The van der Waals surface area contributed by atoms with Crippen LogP contribution in [0.5, 0.6) is 0 Å². The molecule has 1 unspecified atom stereocenters. The summed E-state index contributed by atoms with van der Waals surface area (Å²) in [6.45, 7) is 15.0. The molecule has 8 atom stereocenters. The van der Waals surface area contributed by atoms with Gasteiger partial charge in [0.2, 0.25) is 6.41 Å². The molecule has 1 N–H and O–H groups in total. The Balaban J connectivity index is 1.50. The van der Waals surface area contributed by atoms with Crippen molar-refractivity contribution in [3.8, 4) is 0 Å². The van der Waals surface area contributed by atoms with Crippen LogP contribution in [0, 0.1) is 46.3 Å². The van der Waals surface area contributed by atoms with E-state index in [0.29, 0.717) is 24.8 Å². The minimum absolute atomic E-state index is 0.208. The summed E-state index contributed by atoms with van der Waals surface area (Å²) in [5.41, 5.74) is 1.19. The summed E-state index contributed by atoms with van der Waals surface area (Å²) in [6.07, 6.45) is 16.7. The molecule has 3 fully saturated rings.